The summed E-state index contributed by atoms with van der Waals surface area (Å²) in [7, 11) is 0. The number of benzene rings is 1. The summed E-state index contributed by atoms with van der Waals surface area (Å²) in [6.45, 7) is 2.05. The summed E-state index contributed by atoms with van der Waals surface area (Å²) in [6.07, 6.45) is 0. The molecule has 2 aliphatic rings. The van der Waals surface area contributed by atoms with Crippen LogP contribution >= 0.6 is 23.7 Å². The number of carbonyl (C=O) groups is 1. The monoisotopic (exact) mass is 319 g/mol. The smallest absolute Gasteiger partial charge is 0.206 e. The molecule has 4 nitrogen and oxygen atoms in total. The molecule has 2 aromatic rings. The summed E-state index contributed by atoms with van der Waals surface area (Å²) in [4.78, 5) is 21.9. The van der Waals surface area contributed by atoms with Crippen LogP contribution in [0.1, 0.15) is 9.67 Å². The van der Waals surface area contributed by atoms with Crippen LogP contribution in [0.15, 0.2) is 46.8 Å². The molecule has 4 rings (SSSR count). The van der Waals surface area contributed by atoms with E-state index in [1.165, 1.54) is 11.3 Å². The molecule has 0 saturated carbocycles. The predicted molar refractivity (Wildman–Crippen MR) is 89.3 cm³/mol. The second kappa shape index (κ2) is 5.50. The molecule has 0 unspecified atom stereocenters. The van der Waals surface area contributed by atoms with Crippen LogP contribution in [0.4, 0.5) is 11.4 Å². The number of fused-ring (bicyclic) bond motifs is 3. The first kappa shape index (κ1) is 14.1. The van der Waals surface area contributed by atoms with E-state index in [4.69, 9.17) is 0 Å². The number of Topliss-reactive ketones (excluding diaryl/α,β-unsaturated/α-hetero) is 1. The summed E-state index contributed by atoms with van der Waals surface area (Å²) in [5.74, 6) is 1.06. The van der Waals surface area contributed by atoms with Crippen LogP contribution in [0.2, 0.25) is 0 Å². The number of rotatable bonds is 3. The van der Waals surface area contributed by atoms with Crippen molar-refractivity contribution in [1.82, 2.24) is 0 Å². The fraction of sp³-hybridized carbons (Fsp3) is 0.200. The summed E-state index contributed by atoms with van der Waals surface area (Å²) in [5, 5.41) is 1.94. The molecule has 1 aromatic carbocycles. The number of anilines is 2. The van der Waals surface area contributed by atoms with E-state index in [2.05, 4.69) is 22.0 Å². The minimum atomic E-state index is 0. The highest BCUT2D eigenvalue weighted by Crippen LogP contribution is 2.38. The average molecular weight is 320 g/mol. The molecular formula is C15H14ClN3OS. The number of nitrogens with zero attached hydrogens (tertiary/aromatic N) is 3. The molecule has 0 spiro atoms. The number of thiophene rings is 1. The molecule has 0 bridgehead atoms. The maximum Gasteiger partial charge on any atom is 0.206 e. The third-order valence-electron chi connectivity index (χ3n) is 3.62. The summed E-state index contributed by atoms with van der Waals surface area (Å²) in [5.41, 5.74) is 2.23. The van der Waals surface area contributed by atoms with E-state index in [1.54, 1.807) is 0 Å². The fourth-order valence-electron chi connectivity index (χ4n) is 2.74. The van der Waals surface area contributed by atoms with Crippen molar-refractivity contribution >= 4 is 46.9 Å². The van der Waals surface area contributed by atoms with Crippen LogP contribution in [0, 0.1) is 0 Å². The van der Waals surface area contributed by atoms with E-state index in [9.17, 15) is 4.79 Å². The maximum atomic E-state index is 12.4. The lowest BCUT2D eigenvalue weighted by Gasteiger charge is -2.18. The molecule has 0 saturated heterocycles. The van der Waals surface area contributed by atoms with Gasteiger partial charge in [0.25, 0.3) is 0 Å². The Labute approximate surface area is 133 Å². The highest BCUT2D eigenvalue weighted by Gasteiger charge is 2.35. The van der Waals surface area contributed by atoms with Gasteiger partial charge in [-0.05, 0) is 23.6 Å². The van der Waals surface area contributed by atoms with Crippen molar-refractivity contribution in [3.63, 3.8) is 0 Å². The zero-order valence-electron chi connectivity index (χ0n) is 11.2. The Balaban J connectivity index is 0.00000132. The summed E-state index contributed by atoms with van der Waals surface area (Å²) in [6, 6.07) is 12.0. The Morgan fingerprint density at radius 3 is 2.76 bits per heavy atom. The fourth-order valence-corrected chi connectivity index (χ4v) is 3.39. The first-order chi connectivity index (χ1) is 9.84. The quantitative estimate of drug-likeness (QED) is 0.816. The van der Waals surface area contributed by atoms with E-state index < -0.39 is 0 Å². The minimum Gasteiger partial charge on any atom is -0.308 e. The molecular weight excluding hydrogens is 306 g/mol. The Morgan fingerprint density at radius 2 is 2.00 bits per heavy atom. The number of ketones is 1. The SMILES string of the molecule is Cl.O=C(CN1C2=NCCN2c2ccccc21)c1cccs1. The zero-order valence-corrected chi connectivity index (χ0v) is 12.9. The highest BCUT2D eigenvalue weighted by atomic mass is 35.5. The van der Waals surface area contributed by atoms with Crippen molar-refractivity contribution in [2.45, 2.75) is 0 Å². The molecule has 21 heavy (non-hydrogen) atoms. The van der Waals surface area contributed by atoms with Crippen molar-refractivity contribution in [3.05, 3.63) is 46.7 Å². The third kappa shape index (κ3) is 2.22. The van der Waals surface area contributed by atoms with Crippen molar-refractivity contribution in [1.29, 1.82) is 0 Å². The van der Waals surface area contributed by atoms with Crippen LogP contribution in [0.5, 0.6) is 0 Å². The van der Waals surface area contributed by atoms with Gasteiger partial charge in [-0.15, -0.1) is 23.7 Å². The number of halogens is 1. The van der Waals surface area contributed by atoms with Gasteiger partial charge in [0, 0.05) is 6.54 Å². The largest absolute Gasteiger partial charge is 0.308 e. The molecule has 2 aliphatic heterocycles. The van der Waals surface area contributed by atoms with E-state index >= 15 is 0 Å². The summed E-state index contributed by atoms with van der Waals surface area (Å²) >= 11 is 1.49. The van der Waals surface area contributed by atoms with E-state index in [-0.39, 0.29) is 18.2 Å². The highest BCUT2D eigenvalue weighted by molar-refractivity contribution is 7.12. The second-order valence-corrected chi connectivity index (χ2v) is 5.76. The molecule has 0 radical (unpaired) electrons. The van der Waals surface area contributed by atoms with Gasteiger partial charge < -0.3 is 9.80 Å². The lowest BCUT2D eigenvalue weighted by molar-refractivity contribution is 0.101. The van der Waals surface area contributed by atoms with Crippen LogP contribution in [-0.2, 0) is 0 Å². The number of hydrogen-bond donors (Lipinski definition) is 0. The van der Waals surface area contributed by atoms with Crippen LogP contribution in [-0.4, -0.2) is 31.4 Å². The Kier molecular flexibility index (Phi) is 3.69. The molecule has 1 aromatic heterocycles. The van der Waals surface area contributed by atoms with Gasteiger partial charge in [0.05, 0.1) is 29.3 Å². The third-order valence-corrected chi connectivity index (χ3v) is 4.53. The van der Waals surface area contributed by atoms with E-state index in [0.717, 1.165) is 35.3 Å². The molecule has 0 amide bonds. The van der Waals surface area contributed by atoms with Crippen molar-refractivity contribution in [2.24, 2.45) is 4.99 Å². The van der Waals surface area contributed by atoms with Gasteiger partial charge in [-0.1, -0.05) is 18.2 Å². The standard InChI is InChI=1S/C15H13N3OS.ClH/c19-13(14-6-3-9-20-14)10-18-12-5-2-1-4-11(12)17-8-7-16-15(17)18;/h1-6,9H,7-8,10H2;1H. The first-order valence-electron chi connectivity index (χ1n) is 6.60. The molecule has 3 heterocycles. The number of guanidine groups is 1. The van der Waals surface area contributed by atoms with Crippen LogP contribution in [0.25, 0.3) is 0 Å². The summed E-state index contributed by atoms with van der Waals surface area (Å²) < 4.78 is 0. The number of para-hydroxylation sites is 2. The van der Waals surface area contributed by atoms with E-state index in [1.807, 2.05) is 34.5 Å². The molecule has 0 fully saturated rings. The maximum absolute atomic E-state index is 12.4. The lowest BCUT2D eigenvalue weighted by Crippen LogP contribution is -2.38. The first-order valence-corrected chi connectivity index (χ1v) is 7.48. The minimum absolute atomic E-state index is 0. The van der Waals surface area contributed by atoms with E-state index in [0.29, 0.717) is 6.54 Å². The van der Waals surface area contributed by atoms with Gasteiger partial charge in [-0.2, -0.15) is 0 Å². The van der Waals surface area contributed by atoms with Gasteiger partial charge in [0.2, 0.25) is 5.96 Å². The number of carbonyl (C=O) groups excluding carboxylic acids is 1. The molecule has 0 N–H and O–H groups in total. The average Bonchev–Trinajstić information content (AvgIpc) is 3.17. The number of aliphatic imine (C=N–C) groups is 1. The van der Waals surface area contributed by atoms with Gasteiger partial charge >= 0.3 is 0 Å². The number of hydrogen-bond acceptors (Lipinski definition) is 5. The normalized spacial score (nSPS) is 15.3. The van der Waals surface area contributed by atoms with Crippen LogP contribution in [0.3, 0.4) is 0 Å². The Morgan fingerprint density at radius 1 is 1.19 bits per heavy atom. The second-order valence-electron chi connectivity index (χ2n) is 4.81. The Hall–Kier alpha value is -1.85. The molecule has 0 aliphatic carbocycles. The molecule has 6 heteroatoms. The Bertz CT molecular complexity index is 699. The lowest BCUT2D eigenvalue weighted by atomic mass is 10.2. The van der Waals surface area contributed by atoms with Gasteiger partial charge in [-0.3, -0.25) is 9.79 Å². The van der Waals surface area contributed by atoms with Gasteiger partial charge in [0.1, 0.15) is 0 Å². The van der Waals surface area contributed by atoms with Crippen LogP contribution < -0.4 is 9.80 Å². The topological polar surface area (TPSA) is 35.9 Å². The van der Waals surface area contributed by atoms with Crippen molar-refractivity contribution in [3.8, 4) is 0 Å². The van der Waals surface area contributed by atoms with Crippen molar-refractivity contribution < 1.29 is 4.79 Å². The molecule has 0 atom stereocenters. The van der Waals surface area contributed by atoms with Gasteiger partial charge in [0.15, 0.2) is 5.78 Å². The zero-order chi connectivity index (χ0) is 13.5. The predicted octanol–water partition coefficient (Wildman–Crippen LogP) is 3.05. The van der Waals surface area contributed by atoms with Gasteiger partial charge in [-0.25, -0.2) is 0 Å². The van der Waals surface area contributed by atoms with Crippen molar-refractivity contribution in [2.75, 3.05) is 29.4 Å². The molecule has 108 valence electrons.